The molecule has 4 heteroatoms. The Labute approximate surface area is 76.8 Å². The lowest BCUT2D eigenvalue weighted by Gasteiger charge is -2.00. The van der Waals surface area contributed by atoms with Crippen LogP contribution in [0.15, 0.2) is 12.4 Å². The summed E-state index contributed by atoms with van der Waals surface area (Å²) in [7, 11) is 0. The van der Waals surface area contributed by atoms with Crippen LogP contribution in [0, 0.1) is 11.8 Å². The van der Waals surface area contributed by atoms with Crippen molar-refractivity contribution in [1.29, 1.82) is 0 Å². The number of amides is 1. The standard InChI is InChI=1S/C9H13N3O/c1-6-4-7(6)9(13)12-5-8-10-2-3-11-8/h2-3,6-7H,4-5H2,1H3,(H,10,11)(H,12,13). The maximum absolute atomic E-state index is 11.4. The zero-order valence-electron chi connectivity index (χ0n) is 7.58. The molecule has 0 bridgehead atoms. The average Bonchev–Trinajstić information content (AvgIpc) is 2.68. The van der Waals surface area contributed by atoms with E-state index in [1.54, 1.807) is 12.4 Å². The van der Waals surface area contributed by atoms with Crippen LogP contribution in [-0.4, -0.2) is 15.9 Å². The highest BCUT2D eigenvalue weighted by Gasteiger charge is 2.38. The first-order valence-corrected chi connectivity index (χ1v) is 4.53. The number of nitrogens with zero attached hydrogens (tertiary/aromatic N) is 1. The monoisotopic (exact) mass is 179 g/mol. The van der Waals surface area contributed by atoms with Crippen molar-refractivity contribution < 1.29 is 4.79 Å². The lowest BCUT2D eigenvalue weighted by Crippen LogP contribution is -2.25. The maximum Gasteiger partial charge on any atom is 0.223 e. The summed E-state index contributed by atoms with van der Waals surface area (Å²) in [6.45, 7) is 2.60. The number of H-pyrrole nitrogens is 1. The summed E-state index contributed by atoms with van der Waals surface area (Å²) >= 11 is 0. The first kappa shape index (κ1) is 8.29. The molecular formula is C9H13N3O. The second kappa shape index (κ2) is 3.20. The van der Waals surface area contributed by atoms with E-state index in [1.807, 2.05) is 0 Å². The van der Waals surface area contributed by atoms with Crippen LogP contribution in [-0.2, 0) is 11.3 Å². The molecule has 2 rings (SSSR count). The molecule has 0 radical (unpaired) electrons. The van der Waals surface area contributed by atoms with Gasteiger partial charge < -0.3 is 10.3 Å². The molecule has 13 heavy (non-hydrogen) atoms. The van der Waals surface area contributed by atoms with Gasteiger partial charge in [-0.2, -0.15) is 0 Å². The van der Waals surface area contributed by atoms with Crippen LogP contribution in [0.2, 0.25) is 0 Å². The van der Waals surface area contributed by atoms with E-state index in [4.69, 9.17) is 0 Å². The molecule has 0 spiro atoms. The average molecular weight is 179 g/mol. The summed E-state index contributed by atoms with van der Waals surface area (Å²) in [5.74, 6) is 1.78. The van der Waals surface area contributed by atoms with Gasteiger partial charge in [0.1, 0.15) is 5.82 Å². The fourth-order valence-electron chi connectivity index (χ4n) is 1.38. The van der Waals surface area contributed by atoms with Crippen molar-refractivity contribution in [3.63, 3.8) is 0 Å². The summed E-state index contributed by atoms with van der Waals surface area (Å²) in [5.41, 5.74) is 0. The molecule has 0 aromatic carbocycles. The molecule has 1 aliphatic carbocycles. The lowest BCUT2D eigenvalue weighted by molar-refractivity contribution is -0.122. The lowest BCUT2D eigenvalue weighted by atomic mass is 10.3. The zero-order valence-corrected chi connectivity index (χ0v) is 7.58. The van der Waals surface area contributed by atoms with Gasteiger partial charge in [0.05, 0.1) is 6.54 Å². The highest BCUT2D eigenvalue weighted by Crippen LogP contribution is 2.37. The molecule has 1 aromatic heterocycles. The highest BCUT2D eigenvalue weighted by atomic mass is 16.2. The van der Waals surface area contributed by atoms with E-state index in [9.17, 15) is 4.79 Å². The largest absolute Gasteiger partial charge is 0.349 e. The summed E-state index contributed by atoms with van der Waals surface area (Å²) in [6.07, 6.45) is 4.46. The Hall–Kier alpha value is -1.32. The number of nitrogens with one attached hydrogen (secondary N) is 2. The summed E-state index contributed by atoms with van der Waals surface area (Å²) < 4.78 is 0. The Morgan fingerprint density at radius 1 is 1.85 bits per heavy atom. The smallest absolute Gasteiger partial charge is 0.223 e. The molecule has 0 aliphatic heterocycles. The molecule has 2 N–H and O–H groups in total. The Bertz CT molecular complexity index is 294. The van der Waals surface area contributed by atoms with Crippen LogP contribution < -0.4 is 5.32 Å². The van der Waals surface area contributed by atoms with Crippen molar-refractivity contribution in [3.8, 4) is 0 Å². The Morgan fingerprint density at radius 2 is 2.62 bits per heavy atom. The Morgan fingerprint density at radius 3 is 3.15 bits per heavy atom. The van der Waals surface area contributed by atoms with Gasteiger partial charge in [-0.25, -0.2) is 4.98 Å². The van der Waals surface area contributed by atoms with Gasteiger partial charge >= 0.3 is 0 Å². The minimum Gasteiger partial charge on any atom is -0.349 e. The molecule has 1 aliphatic rings. The number of aromatic amines is 1. The summed E-state index contributed by atoms with van der Waals surface area (Å²) in [4.78, 5) is 18.3. The molecule has 1 aromatic rings. The zero-order chi connectivity index (χ0) is 9.26. The van der Waals surface area contributed by atoms with E-state index in [2.05, 4.69) is 22.2 Å². The van der Waals surface area contributed by atoms with Crippen LogP contribution in [0.1, 0.15) is 19.2 Å². The molecule has 70 valence electrons. The Balaban J connectivity index is 1.77. The highest BCUT2D eigenvalue weighted by molar-refractivity contribution is 5.81. The number of aromatic nitrogens is 2. The maximum atomic E-state index is 11.4. The normalized spacial score (nSPS) is 25.6. The summed E-state index contributed by atoms with van der Waals surface area (Å²) in [6, 6.07) is 0. The van der Waals surface area contributed by atoms with Crippen LogP contribution >= 0.6 is 0 Å². The van der Waals surface area contributed by atoms with Gasteiger partial charge in [0.2, 0.25) is 5.91 Å². The van der Waals surface area contributed by atoms with Crippen LogP contribution in [0.4, 0.5) is 0 Å². The van der Waals surface area contributed by atoms with Crippen LogP contribution in [0.3, 0.4) is 0 Å². The molecule has 1 saturated carbocycles. The second-order valence-electron chi connectivity index (χ2n) is 3.57. The first-order valence-electron chi connectivity index (χ1n) is 4.53. The van der Waals surface area contributed by atoms with E-state index >= 15 is 0 Å². The topological polar surface area (TPSA) is 57.8 Å². The first-order chi connectivity index (χ1) is 6.27. The fraction of sp³-hybridized carbons (Fsp3) is 0.556. The van der Waals surface area contributed by atoms with Gasteiger partial charge in [-0.3, -0.25) is 4.79 Å². The third kappa shape index (κ3) is 1.88. The van der Waals surface area contributed by atoms with Gasteiger partial charge in [-0.05, 0) is 12.3 Å². The SMILES string of the molecule is CC1CC1C(=O)NCc1ncc[nH]1. The minimum absolute atomic E-state index is 0.156. The van der Waals surface area contributed by atoms with Gasteiger partial charge in [0.15, 0.2) is 0 Å². The predicted octanol–water partition coefficient (Wildman–Crippen LogP) is 0.682. The predicted molar refractivity (Wildman–Crippen MR) is 47.7 cm³/mol. The number of carbonyl (C=O) groups excluding carboxylic acids is 1. The molecule has 4 nitrogen and oxygen atoms in total. The Kier molecular flexibility index (Phi) is 2.04. The number of imidazole rings is 1. The van der Waals surface area contributed by atoms with Crippen LogP contribution in [0.5, 0.6) is 0 Å². The van der Waals surface area contributed by atoms with Gasteiger partial charge in [0.25, 0.3) is 0 Å². The van der Waals surface area contributed by atoms with E-state index in [0.29, 0.717) is 12.5 Å². The quantitative estimate of drug-likeness (QED) is 0.717. The van der Waals surface area contributed by atoms with Crippen molar-refractivity contribution >= 4 is 5.91 Å². The second-order valence-corrected chi connectivity index (χ2v) is 3.57. The van der Waals surface area contributed by atoms with E-state index in [1.165, 1.54) is 0 Å². The number of rotatable bonds is 3. The van der Waals surface area contributed by atoms with Crippen molar-refractivity contribution in [2.45, 2.75) is 19.9 Å². The molecule has 1 amide bonds. The van der Waals surface area contributed by atoms with Crippen molar-refractivity contribution in [2.24, 2.45) is 11.8 Å². The molecule has 1 fully saturated rings. The third-order valence-electron chi connectivity index (χ3n) is 2.43. The third-order valence-corrected chi connectivity index (χ3v) is 2.43. The molecule has 0 saturated heterocycles. The number of hydrogen-bond donors (Lipinski definition) is 2. The van der Waals surface area contributed by atoms with E-state index < -0.39 is 0 Å². The van der Waals surface area contributed by atoms with Gasteiger partial charge in [-0.15, -0.1) is 0 Å². The number of hydrogen-bond acceptors (Lipinski definition) is 2. The van der Waals surface area contributed by atoms with E-state index in [0.717, 1.165) is 12.2 Å². The van der Waals surface area contributed by atoms with Crippen LogP contribution in [0.25, 0.3) is 0 Å². The summed E-state index contributed by atoms with van der Waals surface area (Å²) in [5, 5.41) is 2.84. The van der Waals surface area contributed by atoms with Gasteiger partial charge in [-0.1, -0.05) is 6.92 Å². The van der Waals surface area contributed by atoms with Crippen molar-refractivity contribution in [2.75, 3.05) is 0 Å². The van der Waals surface area contributed by atoms with E-state index in [-0.39, 0.29) is 11.8 Å². The van der Waals surface area contributed by atoms with Crippen molar-refractivity contribution in [3.05, 3.63) is 18.2 Å². The number of carbonyl (C=O) groups is 1. The molecule has 2 unspecified atom stereocenters. The molecular weight excluding hydrogens is 166 g/mol. The minimum atomic E-state index is 0.156. The molecule has 2 atom stereocenters. The van der Waals surface area contributed by atoms with Gasteiger partial charge in [0, 0.05) is 18.3 Å². The fourth-order valence-corrected chi connectivity index (χ4v) is 1.38. The molecule has 1 heterocycles. The van der Waals surface area contributed by atoms with Crippen molar-refractivity contribution in [1.82, 2.24) is 15.3 Å².